The third kappa shape index (κ3) is 4.03. The van der Waals surface area contributed by atoms with Crippen molar-refractivity contribution >= 4 is 34.9 Å². The highest BCUT2D eigenvalue weighted by atomic mass is 32.1. The standard InChI is InChI=1S/C25H24N8O3S/c1-31-10-11-33-19(22(31)34)13-20(30-33)29-24-26-8-6-17(28-24)18-14-37-21(27-18)15-4-3-5-16(12-15)25(36)7-9-32(2)23(25)35/h3-6,8,12-14,36H,7,9-11H2,1-2H3,(H,26,28,29,30)/t25-/m1/s1. The number of anilines is 2. The number of aliphatic hydroxyl groups is 1. The van der Waals surface area contributed by atoms with E-state index < -0.39 is 5.60 Å². The molecule has 0 saturated carbocycles. The van der Waals surface area contributed by atoms with Crippen molar-refractivity contribution in [2.45, 2.75) is 18.6 Å². The zero-order valence-electron chi connectivity index (χ0n) is 20.2. The van der Waals surface area contributed by atoms with E-state index >= 15 is 0 Å². The molecule has 2 aliphatic heterocycles. The molecule has 2 N–H and O–H groups in total. The Balaban J connectivity index is 1.24. The number of thiazole rings is 1. The van der Waals surface area contributed by atoms with Crippen LogP contribution in [-0.4, -0.2) is 78.6 Å². The number of amides is 2. The second kappa shape index (κ2) is 8.75. The maximum absolute atomic E-state index is 12.5. The summed E-state index contributed by atoms with van der Waals surface area (Å²) in [6, 6.07) is 10.8. The van der Waals surface area contributed by atoms with Crippen molar-refractivity contribution in [3.63, 3.8) is 0 Å². The van der Waals surface area contributed by atoms with Crippen LogP contribution in [-0.2, 0) is 16.9 Å². The number of benzene rings is 1. The van der Waals surface area contributed by atoms with E-state index in [9.17, 15) is 14.7 Å². The normalized spacial score (nSPS) is 19.4. The largest absolute Gasteiger partial charge is 0.375 e. The van der Waals surface area contributed by atoms with Gasteiger partial charge in [-0.3, -0.25) is 14.3 Å². The lowest BCUT2D eigenvalue weighted by atomic mass is 9.91. The molecule has 1 saturated heterocycles. The summed E-state index contributed by atoms with van der Waals surface area (Å²) in [4.78, 5) is 41.7. The van der Waals surface area contributed by atoms with E-state index in [1.807, 2.05) is 23.6 Å². The van der Waals surface area contributed by atoms with E-state index in [-0.39, 0.29) is 11.8 Å². The van der Waals surface area contributed by atoms with Crippen molar-refractivity contribution in [3.05, 3.63) is 59.2 Å². The van der Waals surface area contributed by atoms with E-state index in [2.05, 4.69) is 20.4 Å². The number of hydrogen-bond acceptors (Lipinski definition) is 9. The summed E-state index contributed by atoms with van der Waals surface area (Å²) in [6.45, 7) is 1.76. The number of rotatable bonds is 5. The van der Waals surface area contributed by atoms with Crippen molar-refractivity contribution in [2.24, 2.45) is 0 Å². The predicted molar refractivity (Wildman–Crippen MR) is 137 cm³/mol. The Hall–Kier alpha value is -4.16. The van der Waals surface area contributed by atoms with Crippen LogP contribution >= 0.6 is 11.3 Å². The number of nitrogens with one attached hydrogen (secondary N) is 1. The molecule has 0 spiro atoms. The fraction of sp³-hybridized carbons (Fsp3) is 0.280. The summed E-state index contributed by atoms with van der Waals surface area (Å²) in [5, 5.41) is 21.2. The van der Waals surface area contributed by atoms with E-state index in [1.54, 1.807) is 53.0 Å². The molecule has 11 nitrogen and oxygen atoms in total. The molecule has 1 atom stereocenters. The maximum Gasteiger partial charge on any atom is 0.272 e. The van der Waals surface area contributed by atoms with Gasteiger partial charge in [0.2, 0.25) is 5.95 Å². The van der Waals surface area contributed by atoms with Gasteiger partial charge in [0, 0.05) is 56.8 Å². The molecular formula is C25H24N8O3S. The van der Waals surface area contributed by atoms with Crippen LogP contribution in [0.4, 0.5) is 11.8 Å². The van der Waals surface area contributed by atoms with Crippen molar-refractivity contribution in [2.75, 3.05) is 32.5 Å². The summed E-state index contributed by atoms with van der Waals surface area (Å²) in [5.41, 5.74) is 1.70. The van der Waals surface area contributed by atoms with Crippen molar-refractivity contribution in [1.82, 2.24) is 34.5 Å². The smallest absolute Gasteiger partial charge is 0.272 e. The molecule has 0 bridgehead atoms. The van der Waals surface area contributed by atoms with E-state index in [4.69, 9.17) is 4.98 Å². The number of hydrogen-bond donors (Lipinski definition) is 2. The molecule has 0 radical (unpaired) electrons. The molecule has 0 aliphatic carbocycles. The minimum absolute atomic E-state index is 0.0722. The van der Waals surface area contributed by atoms with Gasteiger partial charge in [0.15, 0.2) is 11.4 Å². The Kier molecular flexibility index (Phi) is 5.50. The summed E-state index contributed by atoms with van der Waals surface area (Å²) in [7, 11) is 3.47. The Morgan fingerprint density at radius 3 is 2.70 bits per heavy atom. The average Bonchev–Trinajstić information content (AvgIpc) is 3.62. The van der Waals surface area contributed by atoms with Gasteiger partial charge >= 0.3 is 0 Å². The second-order valence-corrected chi connectivity index (χ2v) is 10.1. The van der Waals surface area contributed by atoms with Gasteiger partial charge in [-0.2, -0.15) is 5.10 Å². The lowest BCUT2D eigenvalue weighted by molar-refractivity contribution is -0.143. The summed E-state index contributed by atoms with van der Waals surface area (Å²) in [6.07, 6.45) is 1.99. The number of fused-ring (bicyclic) bond motifs is 1. The zero-order valence-corrected chi connectivity index (χ0v) is 21.1. The first-order valence-corrected chi connectivity index (χ1v) is 12.7. The molecular weight excluding hydrogens is 492 g/mol. The summed E-state index contributed by atoms with van der Waals surface area (Å²) >= 11 is 1.45. The van der Waals surface area contributed by atoms with E-state index in [1.165, 1.54) is 11.3 Å². The third-order valence-electron chi connectivity index (χ3n) is 6.75. The lowest BCUT2D eigenvalue weighted by Gasteiger charge is -2.22. The Bertz CT molecular complexity index is 1530. The predicted octanol–water partition coefficient (Wildman–Crippen LogP) is 2.34. The SMILES string of the molecule is CN1CCn2nc(Nc3nccc(-c4csc(-c5cccc([C@]6(O)CCN(C)C6=O)c5)n4)n3)cc2C1=O. The van der Waals surface area contributed by atoms with Gasteiger partial charge in [0.05, 0.1) is 12.2 Å². The van der Waals surface area contributed by atoms with Crippen molar-refractivity contribution in [1.29, 1.82) is 0 Å². The molecule has 6 rings (SSSR count). The van der Waals surface area contributed by atoms with E-state index in [0.717, 1.165) is 10.6 Å². The van der Waals surface area contributed by atoms with Gasteiger partial charge < -0.3 is 20.2 Å². The number of likely N-dealkylation sites (N-methyl/N-ethyl adjacent to an activating group) is 2. The number of aromatic nitrogens is 5. The molecule has 188 valence electrons. The monoisotopic (exact) mass is 516 g/mol. The lowest BCUT2D eigenvalue weighted by Crippen LogP contribution is -2.37. The molecule has 1 fully saturated rings. The van der Waals surface area contributed by atoms with Gasteiger partial charge in [-0.15, -0.1) is 11.3 Å². The number of nitrogens with zero attached hydrogens (tertiary/aromatic N) is 7. The van der Waals surface area contributed by atoms with Crippen LogP contribution in [0.25, 0.3) is 22.0 Å². The van der Waals surface area contributed by atoms with Crippen LogP contribution in [0.3, 0.4) is 0 Å². The van der Waals surface area contributed by atoms with Crippen LogP contribution in [0.5, 0.6) is 0 Å². The molecule has 12 heteroatoms. The third-order valence-corrected chi connectivity index (χ3v) is 7.64. The Morgan fingerprint density at radius 2 is 1.89 bits per heavy atom. The van der Waals surface area contributed by atoms with Crippen LogP contribution in [0, 0.1) is 0 Å². The Morgan fingerprint density at radius 1 is 1.03 bits per heavy atom. The summed E-state index contributed by atoms with van der Waals surface area (Å²) in [5.74, 6) is 0.477. The molecule has 2 aliphatic rings. The quantitative estimate of drug-likeness (QED) is 0.414. The highest BCUT2D eigenvalue weighted by Crippen LogP contribution is 2.36. The molecule has 1 aromatic carbocycles. The van der Waals surface area contributed by atoms with E-state index in [0.29, 0.717) is 60.5 Å². The first-order chi connectivity index (χ1) is 17.8. The number of carbonyl (C=O) groups excluding carboxylic acids is 2. The van der Waals surface area contributed by atoms with Crippen LogP contribution in [0.1, 0.15) is 22.5 Å². The first kappa shape index (κ1) is 23.3. The number of likely N-dealkylation sites (tertiary alicyclic amines) is 1. The van der Waals surface area contributed by atoms with Crippen LogP contribution in [0.15, 0.2) is 48.0 Å². The number of carbonyl (C=O) groups is 2. The molecule has 0 unspecified atom stereocenters. The first-order valence-electron chi connectivity index (χ1n) is 11.8. The van der Waals surface area contributed by atoms with Crippen LogP contribution in [0.2, 0.25) is 0 Å². The fourth-order valence-corrected chi connectivity index (χ4v) is 5.40. The molecule has 5 heterocycles. The minimum Gasteiger partial charge on any atom is -0.375 e. The topological polar surface area (TPSA) is 129 Å². The van der Waals surface area contributed by atoms with Gasteiger partial charge in [-0.1, -0.05) is 18.2 Å². The Labute approximate surface area is 216 Å². The van der Waals surface area contributed by atoms with Gasteiger partial charge in [-0.25, -0.2) is 15.0 Å². The molecule has 4 aromatic rings. The molecule has 37 heavy (non-hydrogen) atoms. The summed E-state index contributed by atoms with van der Waals surface area (Å²) < 4.78 is 1.68. The zero-order chi connectivity index (χ0) is 25.7. The minimum atomic E-state index is -1.51. The molecule has 2 amide bonds. The molecule has 3 aromatic heterocycles. The van der Waals surface area contributed by atoms with Gasteiger partial charge in [0.1, 0.15) is 16.4 Å². The van der Waals surface area contributed by atoms with Gasteiger partial charge in [-0.05, 0) is 17.7 Å². The fourth-order valence-electron chi connectivity index (χ4n) is 4.59. The average molecular weight is 517 g/mol. The van der Waals surface area contributed by atoms with Crippen LogP contribution < -0.4 is 5.32 Å². The van der Waals surface area contributed by atoms with Gasteiger partial charge in [0.25, 0.3) is 11.8 Å². The highest BCUT2D eigenvalue weighted by molar-refractivity contribution is 7.13. The van der Waals surface area contributed by atoms with Crippen molar-refractivity contribution < 1.29 is 14.7 Å². The van der Waals surface area contributed by atoms with Crippen molar-refractivity contribution in [3.8, 4) is 22.0 Å². The maximum atomic E-state index is 12.5. The highest BCUT2D eigenvalue weighted by Gasteiger charge is 2.45. The second-order valence-electron chi connectivity index (χ2n) is 9.21.